The van der Waals surface area contributed by atoms with E-state index in [4.69, 9.17) is 14.0 Å². The van der Waals surface area contributed by atoms with E-state index in [2.05, 4.69) is 47.7 Å². The molecule has 1 saturated heterocycles. The van der Waals surface area contributed by atoms with Crippen molar-refractivity contribution in [3.8, 4) is 0 Å². The lowest BCUT2D eigenvalue weighted by Gasteiger charge is -2.41. The van der Waals surface area contributed by atoms with Crippen LogP contribution in [-0.2, 0) is 28.9 Å². The lowest BCUT2D eigenvalue weighted by Crippen LogP contribution is -2.61. The summed E-state index contributed by atoms with van der Waals surface area (Å²) < 4.78 is 47.2. The second-order valence-corrected chi connectivity index (χ2v) is 15.0. The van der Waals surface area contributed by atoms with Crippen molar-refractivity contribution in [1.29, 1.82) is 0 Å². The van der Waals surface area contributed by atoms with E-state index in [-0.39, 0.29) is 6.42 Å². The molecule has 0 aromatic rings. The molecule has 8 unspecified atom stereocenters. The SMILES string of the molecule is CCCC/C=C/CC/C=C/C(O)C(COC1OC(CO)C(O)C(OS(=O)(=O)O)C1O)NC(=O)C(O)CCCCCCCC/C=C\CCCCCCCC. The van der Waals surface area contributed by atoms with Gasteiger partial charge in [0.05, 0.1) is 25.4 Å². The molecule has 0 aromatic carbocycles. The first-order valence-electron chi connectivity index (χ1n) is 20.0. The molecule has 1 fully saturated rings. The van der Waals surface area contributed by atoms with Crippen LogP contribution < -0.4 is 5.32 Å². The number of allylic oxidation sites excluding steroid dienone is 5. The highest BCUT2D eigenvalue weighted by molar-refractivity contribution is 7.80. The molecule has 0 aliphatic carbocycles. The summed E-state index contributed by atoms with van der Waals surface area (Å²) in [7, 11) is -5.11. The Morgan fingerprint density at radius 1 is 0.755 bits per heavy atom. The fourth-order valence-electron chi connectivity index (χ4n) is 5.98. The first-order valence-corrected chi connectivity index (χ1v) is 21.3. The van der Waals surface area contributed by atoms with Gasteiger partial charge in [0.1, 0.15) is 30.5 Å². The number of rotatable bonds is 32. The number of aliphatic hydroxyl groups excluding tert-OH is 5. The summed E-state index contributed by atoms with van der Waals surface area (Å²) in [5.41, 5.74) is 0. The topological polar surface area (TPSA) is 212 Å². The molecule has 1 aliphatic heterocycles. The van der Waals surface area contributed by atoms with Crippen molar-refractivity contribution in [2.24, 2.45) is 0 Å². The number of hydrogen-bond donors (Lipinski definition) is 7. The summed E-state index contributed by atoms with van der Waals surface area (Å²) in [6.45, 7) is 3.07. The minimum atomic E-state index is -5.11. The van der Waals surface area contributed by atoms with E-state index in [0.29, 0.717) is 12.8 Å². The number of aliphatic hydroxyl groups is 5. The molecule has 0 aromatic heterocycles. The van der Waals surface area contributed by atoms with Crippen molar-refractivity contribution in [3.05, 3.63) is 36.5 Å². The molecule has 1 rings (SSSR count). The van der Waals surface area contributed by atoms with Crippen molar-refractivity contribution < 1.29 is 57.0 Å². The fraction of sp³-hybridized carbons (Fsp3) is 0.821. The van der Waals surface area contributed by atoms with Crippen molar-refractivity contribution in [2.75, 3.05) is 13.2 Å². The van der Waals surface area contributed by atoms with Crippen LogP contribution in [-0.4, -0.2) is 107 Å². The lowest BCUT2D eigenvalue weighted by molar-refractivity contribution is -0.298. The van der Waals surface area contributed by atoms with Crippen molar-refractivity contribution >= 4 is 16.3 Å². The van der Waals surface area contributed by atoms with E-state index in [1.807, 2.05) is 0 Å². The Labute approximate surface area is 318 Å². The maximum Gasteiger partial charge on any atom is 0.397 e. The van der Waals surface area contributed by atoms with Crippen molar-refractivity contribution in [2.45, 2.75) is 191 Å². The summed E-state index contributed by atoms with van der Waals surface area (Å²) in [4.78, 5) is 13.0. The van der Waals surface area contributed by atoms with E-state index < -0.39 is 78.5 Å². The summed E-state index contributed by atoms with van der Waals surface area (Å²) in [6, 6.07) is -1.13. The Hall–Kier alpha value is -1.72. The van der Waals surface area contributed by atoms with Crippen LogP contribution in [0.1, 0.15) is 142 Å². The highest BCUT2D eigenvalue weighted by Crippen LogP contribution is 2.26. The molecule has 13 nitrogen and oxygen atoms in total. The van der Waals surface area contributed by atoms with Crippen molar-refractivity contribution in [1.82, 2.24) is 5.32 Å². The maximum absolute atomic E-state index is 13.0. The normalized spacial score (nSPS) is 22.9. The van der Waals surface area contributed by atoms with Crippen LogP contribution in [0.25, 0.3) is 0 Å². The second-order valence-electron chi connectivity index (χ2n) is 14.0. The predicted octanol–water partition coefficient (Wildman–Crippen LogP) is 5.35. The number of carbonyl (C=O) groups excluding carboxylic acids is 1. The third kappa shape index (κ3) is 23.7. The molecule has 53 heavy (non-hydrogen) atoms. The molecule has 0 saturated carbocycles. The fourth-order valence-corrected chi connectivity index (χ4v) is 6.49. The molecule has 0 spiro atoms. The second kappa shape index (κ2) is 30.5. The number of carbonyl (C=O) groups is 1. The van der Waals surface area contributed by atoms with Gasteiger partial charge in [0, 0.05) is 0 Å². The molecule has 0 bridgehead atoms. The zero-order valence-corrected chi connectivity index (χ0v) is 33.0. The van der Waals surface area contributed by atoms with Gasteiger partial charge in [-0.25, -0.2) is 4.18 Å². The zero-order valence-electron chi connectivity index (χ0n) is 32.2. The van der Waals surface area contributed by atoms with E-state index >= 15 is 0 Å². The number of hydrogen-bond acceptors (Lipinski definition) is 11. The van der Waals surface area contributed by atoms with E-state index in [1.165, 1.54) is 44.6 Å². The minimum absolute atomic E-state index is 0.228. The standard InChI is InChI=1S/C39H71NO12S/c1-3-5-7-9-11-13-14-15-16-17-18-19-20-22-24-26-28-33(43)38(46)40-31(32(42)27-25-23-21-12-10-8-6-4-2)30-50-39-36(45)37(52-53(47,48)49)35(44)34(29-41)51-39/h10,12,15-16,25,27,31-37,39,41-45H,3-9,11,13-14,17-24,26,28-30H2,1-2H3,(H,40,46)(H,47,48,49)/b12-10+,16-15-,27-25+. The highest BCUT2D eigenvalue weighted by Gasteiger charge is 2.48. The van der Waals surface area contributed by atoms with Gasteiger partial charge in [-0.2, -0.15) is 8.42 Å². The van der Waals surface area contributed by atoms with Crippen LogP contribution in [0.4, 0.5) is 0 Å². The molecule has 310 valence electrons. The molecule has 8 atom stereocenters. The first-order chi connectivity index (χ1) is 25.4. The van der Waals surface area contributed by atoms with Gasteiger partial charge in [-0.1, -0.05) is 127 Å². The van der Waals surface area contributed by atoms with E-state index in [0.717, 1.165) is 70.6 Å². The molecule has 1 heterocycles. The quantitative estimate of drug-likeness (QED) is 0.0262. The Balaban J connectivity index is 2.62. The molecule has 14 heteroatoms. The number of ether oxygens (including phenoxy) is 2. The highest BCUT2D eigenvalue weighted by atomic mass is 32.3. The Kier molecular flexibility index (Phi) is 28.4. The third-order valence-corrected chi connectivity index (χ3v) is 9.72. The minimum Gasteiger partial charge on any atom is -0.394 e. The summed E-state index contributed by atoms with van der Waals surface area (Å²) in [6.07, 6.45) is 21.3. The predicted molar refractivity (Wildman–Crippen MR) is 205 cm³/mol. The molecule has 7 N–H and O–H groups in total. The van der Waals surface area contributed by atoms with Gasteiger partial charge in [-0.3, -0.25) is 9.35 Å². The smallest absolute Gasteiger partial charge is 0.394 e. The van der Waals surface area contributed by atoms with Gasteiger partial charge in [0.25, 0.3) is 0 Å². The van der Waals surface area contributed by atoms with Gasteiger partial charge in [-0.15, -0.1) is 0 Å². The van der Waals surface area contributed by atoms with Gasteiger partial charge in [-0.05, 0) is 51.4 Å². The maximum atomic E-state index is 13.0. The van der Waals surface area contributed by atoms with Crippen LogP contribution in [0.15, 0.2) is 36.5 Å². The van der Waals surface area contributed by atoms with Crippen LogP contribution in [0.3, 0.4) is 0 Å². The average molecular weight is 778 g/mol. The zero-order chi connectivity index (χ0) is 39.3. The van der Waals surface area contributed by atoms with Gasteiger partial charge in [0.2, 0.25) is 5.91 Å². The number of amides is 1. The molecular formula is C39H71NO12S. The van der Waals surface area contributed by atoms with Crippen LogP contribution in [0, 0.1) is 0 Å². The lowest BCUT2D eigenvalue weighted by atomic mass is 9.99. The summed E-state index contributed by atoms with van der Waals surface area (Å²) in [5.74, 6) is -0.723. The van der Waals surface area contributed by atoms with Gasteiger partial charge >= 0.3 is 10.4 Å². The average Bonchev–Trinajstić information content (AvgIpc) is 3.12. The number of unbranched alkanes of at least 4 members (excludes halogenated alkanes) is 15. The molecule has 0 radical (unpaired) electrons. The summed E-state index contributed by atoms with van der Waals surface area (Å²) in [5, 5.41) is 54.7. The van der Waals surface area contributed by atoms with Crippen LogP contribution in [0.2, 0.25) is 0 Å². The van der Waals surface area contributed by atoms with E-state index in [9.17, 15) is 38.7 Å². The van der Waals surface area contributed by atoms with E-state index in [1.54, 1.807) is 6.08 Å². The Bertz CT molecular complexity index is 1120. The molecule has 1 aliphatic rings. The van der Waals surface area contributed by atoms with Gasteiger partial charge < -0.3 is 40.3 Å². The summed E-state index contributed by atoms with van der Waals surface area (Å²) >= 11 is 0. The Morgan fingerprint density at radius 2 is 1.28 bits per heavy atom. The van der Waals surface area contributed by atoms with Gasteiger partial charge in [0.15, 0.2) is 6.29 Å². The molecule has 1 amide bonds. The number of nitrogens with one attached hydrogen (secondary N) is 1. The van der Waals surface area contributed by atoms with Crippen LogP contribution >= 0.6 is 0 Å². The van der Waals surface area contributed by atoms with Crippen molar-refractivity contribution in [3.63, 3.8) is 0 Å². The van der Waals surface area contributed by atoms with Crippen LogP contribution in [0.5, 0.6) is 0 Å². The largest absolute Gasteiger partial charge is 0.397 e. The Morgan fingerprint density at radius 3 is 1.87 bits per heavy atom. The first kappa shape index (κ1) is 49.3. The third-order valence-electron chi connectivity index (χ3n) is 9.25. The monoisotopic (exact) mass is 777 g/mol. The molecular weight excluding hydrogens is 706 g/mol.